The second-order valence-electron chi connectivity index (χ2n) is 9.59. The molecule has 4 heterocycles. The first-order valence-corrected chi connectivity index (χ1v) is 12.9. The summed E-state index contributed by atoms with van der Waals surface area (Å²) in [5.41, 5.74) is 6.85. The number of carbonyl (C=O) groups excluding carboxylic acids is 1. The van der Waals surface area contributed by atoms with E-state index in [-0.39, 0.29) is 5.78 Å². The molecule has 0 spiro atoms. The van der Waals surface area contributed by atoms with Crippen LogP contribution in [0.3, 0.4) is 0 Å². The number of piperazine rings is 1. The monoisotopic (exact) mass is 500 g/mol. The Balaban J connectivity index is 1.13. The Hall–Kier alpha value is -4.49. The Morgan fingerprint density at radius 1 is 0.737 bits per heavy atom. The normalized spacial score (nSPS) is 14.1. The Labute approximate surface area is 221 Å². The van der Waals surface area contributed by atoms with Gasteiger partial charge < -0.3 is 4.90 Å². The first-order valence-electron chi connectivity index (χ1n) is 12.9. The van der Waals surface area contributed by atoms with E-state index in [0.717, 1.165) is 66.3 Å². The minimum absolute atomic E-state index is 0.0894. The van der Waals surface area contributed by atoms with Crippen molar-refractivity contribution in [3.63, 3.8) is 0 Å². The van der Waals surface area contributed by atoms with Gasteiger partial charge in [-0.15, -0.1) is 0 Å². The van der Waals surface area contributed by atoms with Gasteiger partial charge in [0.25, 0.3) is 0 Å². The van der Waals surface area contributed by atoms with Crippen molar-refractivity contribution in [2.45, 2.75) is 13.0 Å². The van der Waals surface area contributed by atoms with Crippen LogP contribution in [0, 0.1) is 0 Å². The molecule has 0 amide bonds. The molecule has 1 saturated heterocycles. The molecule has 1 aliphatic rings. The predicted octanol–water partition coefficient (Wildman–Crippen LogP) is 4.83. The second-order valence-corrected chi connectivity index (χ2v) is 9.59. The first kappa shape index (κ1) is 23.9. The lowest BCUT2D eigenvalue weighted by molar-refractivity contribution is 0.0993. The van der Waals surface area contributed by atoms with Crippen LogP contribution in [0.25, 0.3) is 22.2 Å². The SMILES string of the molecule is O=C(Cc1ccc(-c2ccc3ncc(N4CCN(Cc5cccnc5)CC4)nc3c2)cc1)c1ccncc1. The molecule has 0 radical (unpaired) electrons. The van der Waals surface area contributed by atoms with E-state index in [1.54, 1.807) is 24.5 Å². The van der Waals surface area contributed by atoms with Crippen molar-refractivity contribution in [3.8, 4) is 11.1 Å². The third-order valence-corrected chi connectivity index (χ3v) is 7.01. The summed E-state index contributed by atoms with van der Waals surface area (Å²) in [7, 11) is 0. The van der Waals surface area contributed by atoms with E-state index >= 15 is 0 Å². The molecular weight excluding hydrogens is 472 g/mol. The third-order valence-electron chi connectivity index (χ3n) is 7.01. The molecule has 6 rings (SSSR count). The van der Waals surface area contributed by atoms with Crippen LogP contribution in [-0.4, -0.2) is 56.8 Å². The van der Waals surface area contributed by atoms with Crippen LogP contribution in [-0.2, 0) is 13.0 Å². The number of Topliss-reactive ketones (excluding diaryl/α,β-unsaturated/α-hetero) is 1. The number of nitrogens with zero attached hydrogens (tertiary/aromatic N) is 6. The Morgan fingerprint density at radius 3 is 2.29 bits per heavy atom. The summed E-state index contributed by atoms with van der Waals surface area (Å²) < 4.78 is 0. The maximum atomic E-state index is 12.5. The molecule has 7 nitrogen and oxygen atoms in total. The summed E-state index contributed by atoms with van der Waals surface area (Å²) in [5, 5.41) is 0. The highest BCUT2D eigenvalue weighted by atomic mass is 16.1. The van der Waals surface area contributed by atoms with Crippen LogP contribution < -0.4 is 4.90 Å². The molecule has 0 aliphatic carbocycles. The zero-order chi connectivity index (χ0) is 25.7. The van der Waals surface area contributed by atoms with E-state index < -0.39 is 0 Å². The molecule has 38 heavy (non-hydrogen) atoms. The number of benzene rings is 2. The molecule has 0 bridgehead atoms. The molecule has 0 atom stereocenters. The highest BCUT2D eigenvalue weighted by molar-refractivity contribution is 5.97. The van der Waals surface area contributed by atoms with Crippen molar-refractivity contribution in [2.24, 2.45) is 0 Å². The van der Waals surface area contributed by atoms with E-state index in [1.165, 1.54) is 5.56 Å². The van der Waals surface area contributed by atoms with Crippen molar-refractivity contribution in [2.75, 3.05) is 31.1 Å². The second kappa shape index (κ2) is 10.9. The number of ketones is 1. The lowest BCUT2D eigenvalue weighted by Gasteiger charge is -2.35. The molecule has 1 fully saturated rings. The topological polar surface area (TPSA) is 75.1 Å². The minimum atomic E-state index is 0.0894. The molecule has 2 aromatic carbocycles. The average molecular weight is 501 g/mol. The molecule has 0 N–H and O–H groups in total. The van der Waals surface area contributed by atoms with E-state index in [9.17, 15) is 4.79 Å². The Bertz CT molecular complexity index is 1530. The number of hydrogen-bond acceptors (Lipinski definition) is 7. The largest absolute Gasteiger partial charge is 0.353 e. The molecule has 1 aliphatic heterocycles. The van der Waals surface area contributed by atoms with Crippen LogP contribution in [0.5, 0.6) is 0 Å². The van der Waals surface area contributed by atoms with Gasteiger partial charge in [0.05, 0.1) is 17.2 Å². The molecule has 188 valence electrons. The molecule has 5 aromatic rings. The zero-order valence-electron chi connectivity index (χ0n) is 21.1. The summed E-state index contributed by atoms with van der Waals surface area (Å²) in [4.78, 5) is 35.2. The third kappa shape index (κ3) is 5.43. The summed E-state index contributed by atoms with van der Waals surface area (Å²) in [6.45, 7) is 4.71. The lowest BCUT2D eigenvalue weighted by Crippen LogP contribution is -2.46. The Kier molecular flexibility index (Phi) is 6.83. The van der Waals surface area contributed by atoms with Crippen LogP contribution in [0.15, 0.2) is 97.7 Å². The van der Waals surface area contributed by atoms with Gasteiger partial charge >= 0.3 is 0 Å². The van der Waals surface area contributed by atoms with Gasteiger partial charge in [-0.2, -0.15) is 0 Å². The van der Waals surface area contributed by atoms with Crippen LogP contribution in [0.4, 0.5) is 5.82 Å². The maximum absolute atomic E-state index is 12.5. The fourth-order valence-electron chi connectivity index (χ4n) is 4.86. The average Bonchev–Trinajstić information content (AvgIpc) is 2.98. The highest BCUT2D eigenvalue weighted by Gasteiger charge is 2.19. The van der Waals surface area contributed by atoms with Gasteiger partial charge in [0, 0.05) is 69.5 Å². The first-order chi connectivity index (χ1) is 18.7. The quantitative estimate of drug-likeness (QED) is 0.296. The van der Waals surface area contributed by atoms with Crippen molar-refractivity contribution >= 4 is 22.6 Å². The minimum Gasteiger partial charge on any atom is -0.353 e. The summed E-state index contributed by atoms with van der Waals surface area (Å²) in [6.07, 6.45) is 9.30. The lowest BCUT2D eigenvalue weighted by atomic mass is 9.99. The van der Waals surface area contributed by atoms with Crippen molar-refractivity contribution in [1.82, 2.24) is 24.8 Å². The van der Waals surface area contributed by atoms with Gasteiger partial charge in [-0.25, -0.2) is 4.98 Å². The van der Waals surface area contributed by atoms with Crippen LogP contribution in [0.2, 0.25) is 0 Å². The Morgan fingerprint density at radius 2 is 1.53 bits per heavy atom. The van der Waals surface area contributed by atoms with Crippen molar-refractivity contribution in [3.05, 3.63) is 114 Å². The molecule has 0 unspecified atom stereocenters. The number of aromatic nitrogens is 4. The number of carbonyl (C=O) groups is 1. The molecule has 0 saturated carbocycles. The fraction of sp³-hybridized carbons (Fsp3) is 0.194. The maximum Gasteiger partial charge on any atom is 0.167 e. The van der Waals surface area contributed by atoms with E-state index in [1.807, 2.05) is 42.9 Å². The van der Waals surface area contributed by atoms with E-state index in [0.29, 0.717) is 12.0 Å². The number of fused-ring (bicyclic) bond motifs is 1. The summed E-state index contributed by atoms with van der Waals surface area (Å²) in [5.74, 6) is 1.01. The number of anilines is 1. The van der Waals surface area contributed by atoms with Crippen LogP contribution >= 0.6 is 0 Å². The van der Waals surface area contributed by atoms with Crippen LogP contribution in [0.1, 0.15) is 21.5 Å². The standard InChI is InChI=1S/C31H28N6O/c38-30(26-9-12-32-13-10-26)18-23-3-5-25(6-4-23)27-7-8-28-29(19-27)35-31(21-34-28)37-16-14-36(15-17-37)22-24-2-1-11-33-20-24/h1-13,19-21H,14-18,22H2. The zero-order valence-corrected chi connectivity index (χ0v) is 21.1. The van der Waals surface area contributed by atoms with Gasteiger partial charge in [-0.3, -0.25) is 24.6 Å². The number of pyridine rings is 2. The van der Waals surface area contributed by atoms with Gasteiger partial charge in [0.15, 0.2) is 5.78 Å². The van der Waals surface area contributed by atoms with Gasteiger partial charge in [-0.05, 0) is 52.6 Å². The summed E-state index contributed by atoms with van der Waals surface area (Å²) in [6, 6.07) is 22.0. The van der Waals surface area contributed by atoms with Gasteiger partial charge in [0.2, 0.25) is 0 Å². The van der Waals surface area contributed by atoms with Crippen molar-refractivity contribution < 1.29 is 4.79 Å². The van der Waals surface area contributed by atoms with E-state index in [2.05, 4.69) is 55.1 Å². The number of hydrogen-bond donors (Lipinski definition) is 0. The predicted molar refractivity (Wildman–Crippen MR) is 149 cm³/mol. The van der Waals surface area contributed by atoms with Crippen molar-refractivity contribution in [1.29, 1.82) is 0 Å². The number of rotatable bonds is 7. The summed E-state index contributed by atoms with van der Waals surface area (Å²) >= 11 is 0. The molecular formula is C31H28N6O. The van der Waals surface area contributed by atoms with E-state index in [4.69, 9.17) is 4.98 Å². The molecule has 3 aromatic heterocycles. The van der Waals surface area contributed by atoms with Gasteiger partial charge in [0.1, 0.15) is 5.82 Å². The molecule has 7 heteroatoms. The highest BCUT2D eigenvalue weighted by Crippen LogP contribution is 2.25. The smallest absolute Gasteiger partial charge is 0.167 e. The van der Waals surface area contributed by atoms with Gasteiger partial charge in [-0.1, -0.05) is 36.4 Å². The fourth-order valence-corrected chi connectivity index (χ4v) is 4.86.